The quantitative estimate of drug-likeness (QED) is 0.878. The Bertz CT molecular complexity index is 444. The maximum absolute atomic E-state index is 12.2. The number of nitrogens with one attached hydrogen (secondary N) is 1. The second-order valence-electron chi connectivity index (χ2n) is 5.39. The zero-order valence-corrected chi connectivity index (χ0v) is 13.2. The monoisotopic (exact) mass is 310 g/mol. The summed E-state index contributed by atoms with van der Waals surface area (Å²) in [5, 5.41) is 4.05. The van der Waals surface area contributed by atoms with Gasteiger partial charge in [-0.25, -0.2) is 0 Å². The summed E-state index contributed by atoms with van der Waals surface area (Å²) in [6.07, 6.45) is 2.38. The summed E-state index contributed by atoms with van der Waals surface area (Å²) < 4.78 is 5.53. The van der Waals surface area contributed by atoms with Crippen LogP contribution < -0.4 is 10.1 Å². The smallest absolute Gasteiger partial charge is 0.260 e. The van der Waals surface area contributed by atoms with Gasteiger partial charge in [-0.05, 0) is 63.0 Å². The molecule has 1 saturated heterocycles. The van der Waals surface area contributed by atoms with E-state index in [1.807, 2.05) is 11.8 Å². The number of piperidine rings is 1. The second-order valence-corrected chi connectivity index (χ2v) is 5.82. The number of hydrogen-bond acceptors (Lipinski definition) is 3. The van der Waals surface area contributed by atoms with Gasteiger partial charge in [0, 0.05) is 18.1 Å². The predicted molar refractivity (Wildman–Crippen MR) is 84.8 cm³/mol. The predicted octanol–water partition coefficient (Wildman–Crippen LogP) is 2.57. The molecule has 0 spiro atoms. The SMILES string of the molecule is CCN(CC1CCCNC1)C(=O)COc1ccc(Cl)cc1. The van der Waals surface area contributed by atoms with Crippen LogP contribution in [-0.4, -0.2) is 43.6 Å². The van der Waals surface area contributed by atoms with Crippen molar-refractivity contribution in [1.29, 1.82) is 0 Å². The molecular weight excluding hydrogens is 288 g/mol. The number of ether oxygens (including phenoxy) is 1. The Morgan fingerprint density at radius 3 is 2.81 bits per heavy atom. The van der Waals surface area contributed by atoms with Crippen molar-refractivity contribution < 1.29 is 9.53 Å². The maximum atomic E-state index is 12.2. The number of nitrogens with zero attached hydrogens (tertiary/aromatic N) is 1. The molecule has 1 N–H and O–H groups in total. The molecule has 4 nitrogen and oxygen atoms in total. The fourth-order valence-corrected chi connectivity index (χ4v) is 2.69. The van der Waals surface area contributed by atoms with Crippen molar-refractivity contribution in [3.8, 4) is 5.75 Å². The Balaban J connectivity index is 1.80. The van der Waals surface area contributed by atoms with Crippen LogP contribution in [0.3, 0.4) is 0 Å². The summed E-state index contributed by atoms with van der Waals surface area (Å²) in [5.74, 6) is 1.26. The lowest BCUT2D eigenvalue weighted by Crippen LogP contribution is -2.42. The van der Waals surface area contributed by atoms with E-state index in [0.717, 1.165) is 26.2 Å². The third-order valence-electron chi connectivity index (χ3n) is 3.79. The van der Waals surface area contributed by atoms with Crippen LogP contribution in [-0.2, 0) is 4.79 Å². The molecule has 0 saturated carbocycles. The van der Waals surface area contributed by atoms with Gasteiger partial charge in [0.05, 0.1) is 0 Å². The molecule has 1 unspecified atom stereocenters. The van der Waals surface area contributed by atoms with E-state index < -0.39 is 0 Å². The van der Waals surface area contributed by atoms with Crippen LogP contribution in [0.1, 0.15) is 19.8 Å². The summed E-state index contributed by atoms with van der Waals surface area (Å²) in [7, 11) is 0. The van der Waals surface area contributed by atoms with Gasteiger partial charge in [0.2, 0.25) is 0 Å². The number of hydrogen-bond donors (Lipinski definition) is 1. The van der Waals surface area contributed by atoms with Crippen molar-refractivity contribution in [3.05, 3.63) is 29.3 Å². The Labute approximate surface area is 131 Å². The number of carbonyl (C=O) groups is 1. The van der Waals surface area contributed by atoms with Crippen molar-refractivity contribution in [2.75, 3.05) is 32.8 Å². The third-order valence-corrected chi connectivity index (χ3v) is 4.04. The average Bonchev–Trinajstić information content (AvgIpc) is 2.52. The molecular formula is C16H23ClN2O2. The van der Waals surface area contributed by atoms with E-state index in [-0.39, 0.29) is 12.5 Å². The number of carbonyl (C=O) groups excluding carboxylic acids is 1. The second kappa shape index (κ2) is 8.25. The Kier molecular flexibility index (Phi) is 6.33. The van der Waals surface area contributed by atoms with Gasteiger partial charge in [0.1, 0.15) is 5.75 Å². The molecule has 2 rings (SSSR count). The zero-order chi connectivity index (χ0) is 15.1. The number of amides is 1. The first-order valence-electron chi connectivity index (χ1n) is 7.56. The van der Waals surface area contributed by atoms with Crippen LogP contribution >= 0.6 is 11.6 Å². The highest BCUT2D eigenvalue weighted by Crippen LogP contribution is 2.16. The summed E-state index contributed by atoms with van der Waals surface area (Å²) in [6.45, 7) is 5.72. The molecule has 5 heteroatoms. The highest BCUT2D eigenvalue weighted by Gasteiger charge is 2.19. The van der Waals surface area contributed by atoms with Crippen LogP contribution in [0.4, 0.5) is 0 Å². The summed E-state index contributed by atoms with van der Waals surface area (Å²) in [6, 6.07) is 7.06. The average molecular weight is 311 g/mol. The van der Waals surface area contributed by atoms with E-state index >= 15 is 0 Å². The molecule has 0 bridgehead atoms. The Hall–Kier alpha value is -1.26. The molecule has 0 aromatic heterocycles. The first-order chi connectivity index (χ1) is 10.2. The highest BCUT2D eigenvalue weighted by molar-refractivity contribution is 6.30. The molecule has 1 atom stereocenters. The number of rotatable bonds is 6. The summed E-state index contributed by atoms with van der Waals surface area (Å²) in [5.41, 5.74) is 0. The maximum Gasteiger partial charge on any atom is 0.260 e. The van der Waals surface area contributed by atoms with E-state index in [2.05, 4.69) is 5.32 Å². The third kappa shape index (κ3) is 5.21. The van der Waals surface area contributed by atoms with E-state index in [1.165, 1.54) is 12.8 Å². The Morgan fingerprint density at radius 2 is 2.19 bits per heavy atom. The number of likely N-dealkylation sites (N-methyl/N-ethyl adjacent to an activating group) is 1. The van der Waals surface area contributed by atoms with Crippen LogP contribution in [0.25, 0.3) is 0 Å². The normalized spacial score (nSPS) is 18.3. The van der Waals surface area contributed by atoms with Gasteiger partial charge in [0.25, 0.3) is 5.91 Å². The molecule has 1 aliphatic heterocycles. The molecule has 116 valence electrons. The van der Waals surface area contributed by atoms with Gasteiger partial charge >= 0.3 is 0 Å². The first kappa shape index (κ1) is 16.1. The van der Waals surface area contributed by atoms with E-state index in [9.17, 15) is 4.79 Å². The molecule has 21 heavy (non-hydrogen) atoms. The summed E-state index contributed by atoms with van der Waals surface area (Å²) >= 11 is 5.82. The van der Waals surface area contributed by atoms with E-state index in [4.69, 9.17) is 16.3 Å². The van der Waals surface area contributed by atoms with Crippen LogP contribution in [0.15, 0.2) is 24.3 Å². The fraction of sp³-hybridized carbons (Fsp3) is 0.562. The lowest BCUT2D eigenvalue weighted by atomic mass is 9.99. The van der Waals surface area contributed by atoms with Gasteiger partial charge in [-0.1, -0.05) is 11.6 Å². The van der Waals surface area contributed by atoms with Gasteiger partial charge in [-0.3, -0.25) is 4.79 Å². The van der Waals surface area contributed by atoms with Gasteiger partial charge in [-0.2, -0.15) is 0 Å². The van der Waals surface area contributed by atoms with Crippen molar-refractivity contribution >= 4 is 17.5 Å². The van der Waals surface area contributed by atoms with Crippen LogP contribution in [0.5, 0.6) is 5.75 Å². The topological polar surface area (TPSA) is 41.6 Å². The lowest BCUT2D eigenvalue weighted by Gasteiger charge is -2.29. The largest absolute Gasteiger partial charge is 0.484 e. The van der Waals surface area contributed by atoms with E-state index in [0.29, 0.717) is 16.7 Å². The van der Waals surface area contributed by atoms with Crippen molar-refractivity contribution in [1.82, 2.24) is 10.2 Å². The highest BCUT2D eigenvalue weighted by atomic mass is 35.5. The van der Waals surface area contributed by atoms with Crippen molar-refractivity contribution in [3.63, 3.8) is 0 Å². The number of benzene rings is 1. The van der Waals surface area contributed by atoms with Crippen molar-refractivity contribution in [2.45, 2.75) is 19.8 Å². The summed E-state index contributed by atoms with van der Waals surface area (Å²) in [4.78, 5) is 14.1. The molecule has 0 aliphatic carbocycles. The molecule has 1 aliphatic rings. The van der Waals surface area contributed by atoms with Crippen LogP contribution in [0.2, 0.25) is 5.02 Å². The zero-order valence-electron chi connectivity index (χ0n) is 12.5. The molecule has 1 aromatic rings. The lowest BCUT2D eigenvalue weighted by molar-refractivity contribution is -0.133. The number of halogens is 1. The van der Waals surface area contributed by atoms with Gasteiger partial charge in [-0.15, -0.1) is 0 Å². The fourth-order valence-electron chi connectivity index (χ4n) is 2.57. The van der Waals surface area contributed by atoms with Gasteiger partial charge in [0.15, 0.2) is 6.61 Å². The molecule has 1 fully saturated rings. The standard InChI is InChI=1S/C16H23ClN2O2/c1-2-19(11-13-4-3-9-18-10-13)16(20)12-21-15-7-5-14(17)6-8-15/h5-8,13,18H,2-4,9-12H2,1H3. The minimum Gasteiger partial charge on any atom is -0.484 e. The molecule has 1 aromatic carbocycles. The van der Waals surface area contributed by atoms with Crippen molar-refractivity contribution in [2.24, 2.45) is 5.92 Å². The molecule has 1 amide bonds. The first-order valence-corrected chi connectivity index (χ1v) is 7.93. The minimum absolute atomic E-state index is 0.0398. The van der Waals surface area contributed by atoms with Gasteiger partial charge < -0.3 is 15.0 Å². The Morgan fingerprint density at radius 1 is 1.43 bits per heavy atom. The molecule has 0 radical (unpaired) electrons. The minimum atomic E-state index is 0.0398. The van der Waals surface area contributed by atoms with E-state index in [1.54, 1.807) is 24.3 Å². The van der Waals surface area contributed by atoms with Crippen LogP contribution in [0, 0.1) is 5.92 Å². The molecule has 1 heterocycles.